The number of rotatable bonds is 6. The second-order valence-electron chi connectivity index (χ2n) is 11.2. The lowest BCUT2D eigenvalue weighted by atomic mass is 9.81. The highest BCUT2D eigenvalue weighted by atomic mass is 16.7. The Morgan fingerprint density at radius 3 is 2.34 bits per heavy atom. The van der Waals surface area contributed by atoms with Crippen LogP contribution in [0.2, 0.25) is 0 Å². The van der Waals surface area contributed by atoms with Gasteiger partial charge in [-0.1, -0.05) is 0 Å². The van der Waals surface area contributed by atoms with Crippen molar-refractivity contribution in [3.8, 4) is 6.01 Å². The molecule has 0 saturated carbocycles. The fraction of sp³-hybridized carbons (Fsp3) is 0.750. The Kier molecular flexibility index (Phi) is 8.01. The van der Waals surface area contributed by atoms with Gasteiger partial charge in [0.15, 0.2) is 0 Å². The van der Waals surface area contributed by atoms with Gasteiger partial charge >= 0.3 is 19.2 Å². The normalized spacial score (nSPS) is 22.5. The molecule has 2 aliphatic heterocycles. The van der Waals surface area contributed by atoms with Crippen LogP contribution >= 0.6 is 0 Å². The molecule has 0 unspecified atom stereocenters. The van der Waals surface area contributed by atoms with Crippen LogP contribution in [0.1, 0.15) is 74.7 Å². The molecule has 11 heteroatoms. The second kappa shape index (κ2) is 10.3. The molecule has 3 rings (SSSR count). The van der Waals surface area contributed by atoms with Gasteiger partial charge in [-0.2, -0.15) is 0 Å². The van der Waals surface area contributed by atoms with Crippen molar-refractivity contribution < 1.29 is 28.4 Å². The number of likely N-dealkylation sites (tertiary alicyclic amines) is 1. The Bertz CT molecular complexity index is 886. The first-order chi connectivity index (χ1) is 16.2. The van der Waals surface area contributed by atoms with Crippen LogP contribution in [0.5, 0.6) is 6.01 Å². The molecule has 0 bridgehead atoms. The third-order valence-electron chi connectivity index (χ3n) is 6.59. The number of alkyl carbamates (subject to hydrolysis) is 1. The molecule has 0 radical (unpaired) electrons. The summed E-state index contributed by atoms with van der Waals surface area (Å²) in [5.41, 5.74) is -0.808. The van der Waals surface area contributed by atoms with Crippen LogP contribution in [0.4, 0.5) is 4.79 Å². The summed E-state index contributed by atoms with van der Waals surface area (Å²) in [6.45, 7) is 15.8. The van der Waals surface area contributed by atoms with E-state index in [0.29, 0.717) is 12.0 Å². The summed E-state index contributed by atoms with van der Waals surface area (Å²) in [5, 5.41) is 2.63. The average Bonchev–Trinajstić information content (AvgIpc) is 2.97. The number of amides is 2. The lowest BCUT2D eigenvalue weighted by Gasteiger charge is -2.37. The average molecular weight is 490 g/mol. The van der Waals surface area contributed by atoms with E-state index >= 15 is 0 Å². The van der Waals surface area contributed by atoms with Crippen molar-refractivity contribution >= 4 is 24.6 Å². The molecule has 2 atom stereocenters. The van der Waals surface area contributed by atoms with Crippen LogP contribution in [-0.2, 0) is 18.8 Å². The van der Waals surface area contributed by atoms with Crippen molar-refractivity contribution in [3.05, 3.63) is 12.4 Å². The highest BCUT2D eigenvalue weighted by molar-refractivity contribution is 6.61. The topological polar surface area (TPSA) is 112 Å². The Morgan fingerprint density at radius 2 is 1.77 bits per heavy atom. The largest absolute Gasteiger partial charge is 0.498 e. The van der Waals surface area contributed by atoms with Crippen LogP contribution in [0.15, 0.2) is 12.4 Å². The molecule has 10 nitrogen and oxygen atoms in total. The molecule has 1 aromatic heterocycles. The molecule has 2 amide bonds. The molecule has 3 heterocycles. The summed E-state index contributed by atoms with van der Waals surface area (Å²) in [5.74, 6) is -0.166. The Hall–Kier alpha value is -2.40. The van der Waals surface area contributed by atoms with E-state index in [2.05, 4.69) is 15.3 Å². The van der Waals surface area contributed by atoms with Crippen molar-refractivity contribution in [1.29, 1.82) is 0 Å². The number of hydrogen-bond donors (Lipinski definition) is 1. The minimum atomic E-state index is -0.708. The minimum absolute atomic E-state index is 0.134. The number of nitrogens with zero attached hydrogens (tertiary/aromatic N) is 3. The van der Waals surface area contributed by atoms with E-state index in [1.54, 1.807) is 45.0 Å². The molecule has 194 valence electrons. The first-order valence-corrected chi connectivity index (χ1v) is 12.3. The van der Waals surface area contributed by atoms with Gasteiger partial charge in [-0.3, -0.25) is 4.79 Å². The number of carbonyl (C=O) groups is 2. The Morgan fingerprint density at radius 1 is 1.17 bits per heavy atom. The van der Waals surface area contributed by atoms with E-state index in [1.807, 2.05) is 27.7 Å². The highest BCUT2D eigenvalue weighted by Crippen LogP contribution is 2.36. The van der Waals surface area contributed by atoms with Gasteiger partial charge < -0.3 is 29.0 Å². The van der Waals surface area contributed by atoms with Crippen LogP contribution in [0.25, 0.3) is 0 Å². The molecule has 0 aromatic carbocycles. The summed E-state index contributed by atoms with van der Waals surface area (Å²) >= 11 is 0. The Balaban J connectivity index is 1.56. The number of piperidine rings is 1. The lowest BCUT2D eigenvalue weighted by Crippen LogP contribution is -2.54. The number of nitrogens with one attached hydrogen (secondary N) is 1. The van der Waals surface area contributed by atoms with Gasteiger partial charge in [0.2, 0.25) is 5.91 Å². The van der Waals surface area contributed by atoms with Crippen LogP contribution in [-0.4, -0.2) is 76.0 Å². The maximum Gasteiger partial charge on any atom is 0.498 e. The molecule has 2 aliphatic rings. The standard InChI is InChI=1S/C24H39BN4O6/c1-16(28-21(31)33-22(2,3)4)19(30)29-12-10-9-11-18(29)15-32-20-26-13-17(14-27-20)25-34-23(5,6)24(7,8)35-25/h13-14,16,18H,9-12,15H2,1-8H3,(H,28,31)/t16-,18+/m1/s1. The highest BCUT2D eigenvalue weighted by Gasteiger charge is 2.52. The summed E-state index contributed by atoms with van der Waals surface area (Å²) in [6.07, 6.45) is 5.37. The molecular formula is C24H39BN4O6. The summed E-state index contributed by atoms with van der Waals surface area (Å²) in [6, 6.07) is -0.616. The quantitative estimate of drug-likeness (QED) is 0.606. The molecular weight excluding hydrogens is 451 g/mol. The number of carbonyl (C=O) groups excluding carboxylic acids is 2. The summed E-state index contributed by atoms with van der Waals surface area (Å²) in [4.78, 5) is 35.5. The molecule has 2 saturated heterocycles. The van der Waals surface area contributed by atoms with Gasteiger partial charge in [-0.15, -0.1) is 0 Å². The smallest absolute Gasteiger partial charge is 0.461 e. The van der Waals surface area contributed by atoms with Crippen molar-refractivity contribution in [3.63, 3.8) is 0 Å². The van der Waals surface area contributed by atoms with E-state index in [1.165, 1.54) is 0 Å². The summed E-state index contributed by atoms with van der Waals surface area (Å²) < 4.78 is 23.2. The zero-order chi connectivity index (χ0) is 26.0. The predicted octanol–water partition coefficient (Wildman–Crippen LogP) is 2.45. The van der Waals surface area contributed by atoms with Gasteiger partial charge in [0.25, 0.3) is 0 Å². The second-order valence-corrected chi connectivity index (χ2v) is 11.2. The Labute approximate surface area is 208 Å². The third kappa shape index (κ3) is 6.85. The zero-order valence-electron chi connectivity index (χ0n) is 22.2. The van der Waals surface area contributed by atoms with Gasteiger partial charge in [0, 0.05) is 24.4 Å². The van der Waals surface area contributed by atoms with Crippen molar-refractivity contribution in [2.75, 3.05) is 13.2 Å². The number of aromatic nitrogens is 2. The van der Waals surface area contributed by atoms with Gasteiger partial charge in [0.1, 0.15) is 18.2 Å². The lowest BCUT2D eigenvalue weighted by molar-refractivity contribution is -0.137. The van der Waals surface area contributed by atoms with Crippen molar-refractivity contribution in [2.45, 2.75) is 104 Å². The molecule has 1 N–H and O–H groups in total. The predicted molar refractivity (Wildman–Crippen MR) is 131 cm³/mol. The SMILES string of the molecule is C[C@@H](NC(=O)OC(C)(C)C)C(=O)N1CCCC[C@H]1COc1ncc(B2OC(C)(C)C(C)(C)O2)cn1. The number of ether oxygens (including phenoxy) is 2. The molecule has 1 aromatic rings. The van der Waals surface area contributed by atoms with Crippen LogP contribution in [0, 0.1) is 0 Å². The van der Waals surface area contributed by atoms with E-state index in [9.17, 15) is 9.59 Å². The van der Waals surface area contributed by atoms with E-state index in [-0.39, 0.29) is 24.6 Å². The van der Waals surface area contributed by atoms with Crippen molar-refractivity contribution in [2.24, 2.45) is 0 Å². The fourth-order valence-corrected chi connectivity index (χ4v) is 3.93. The third-order valence-corrected chi connectivity index (χ3v) is 6.59. The van der Waals surface area contributed by atoms with Crippen LogP contribution < -0.4 is 15.5 Å². The first kappa shape index (κ1) is 27.2. The summed E-state index contributed by atoms with van der Waals surface area (Å²) in [7, 11) is -0.542. The number of hydrogen-bond acceptors (Lipinski definition) is 8. The first-order valence-electron chi connectivity index (χ1n) is 12.3. The molecule has 0 aliphatic carbocycles. The molecule has 2 fully saturated rings. The maximum atomic E-state index is 13.1. The molecule has 0 spiro atoms. The van der Waals surface area contributed by atoms with E-state index in [4.69, 9.17) is 18.8 Å². The van der Waals surface area contributed by atoms with Gasteiger partial charge in [-0.05, 0) is 74.7 Å². The minimum Gasteiger partial charge on any atom is -0.461 e. The van der Waals surface area contributed by atoms with Gasteiger partial charge in [-0.25, -0.2) is 14.8 Å². The van der Waals surface area contributed by atoms with Crippen LogP contribution in [0.3, 0.4) is 0 Å². The monoisotopic (exact) mass is 490 g/mol. The fourth-order valence-electron chi connectivity index (χ4n) is 3.93. The van der Waals surface area contributed by atoms with E-state index in [0.717, 1.165) is 19.3 Å². The maximum absolute atomic E-state index is 13.1. The van der Waals surface area contributed by atoms with Gasteiger partial charge in [0.05, 0.1) is 17.2 Å². The zero-order valence-corrected chi connectivity index (χ0v) is 22.2. The van der Waals surface area contributed by atoms with E-state index < -0.39 is 36.1 Å². The molecule has 35 heavy (non-hydrogen) atoms. The van der Waals surface area contributed by atoms with Crippen molar-refractivity contribution in [1.82, 2.24) is 20.2 Å².